The maximum Gasteiger partial charge on any atom is 0.407 e. The first-order valence-corrected chi connectivity index (χ1v) is 13.9. The number of hydrogen-bond donors (Lipinski definition) is 3. The average molecular weight is 573 g/mol. The van der Waals surface area contributed by atoms with Crippen LogP contribution in [0.1, 0.15) is 67.0 Å². The highest BCUT2D eigenvalue weighted by Crippen LogP contribution is 2.31. The van der Waals surface area contributed by atoms with Crippen molar-refractivity contribution in [2.24, 2.45) is 11.8 Å². The molecule has 0 aliphatic carbocycles. The second-order valence-corrected chi connectivity index (χ2v) is 12.5. The molecule has 3 N–H and O–H groups in total. The molecule has 1 aromatic rings. The van der Waals surface area contributed by atoms with Crippen LogP contribution in [0.2, 0.25) is 0 Å². The first-order chi connectivity index (χ1) is 18.5. The van der Waals surface area contributed by atoms with Crippen molar-refractivity contribution in [3.63, 3.8) is 0 Å². The number of carbonyl (C=O) groups excluding carboxylic acids is 2. The molecule has 0 aromatic heterocycles. The fourth-order valence-corrected chi connectivity index (χ4v) is 4.78. The molecule has 2 heterocycles. The van der Waals surface area contributed by atoms with Crippen LogP contribution in [-0.4, -0.2) is 79.1 Å². The van der Waals surface area contributed by atoms with Crippen LogP contribution in [0.4, 0.5) is 22.8 Å². The Balaban J connectivity index is 0.000000305. The minimum atomic E-state index is -2.49. The van der Waals surface area contributed by atoms with E-state index in [2.05, 4.69) is 16.0 Å². The number of nitrogens with one attached hydrogen (secondary N) is 3. The molecule has 0 spiro atoms. The number of carbonyl (C=O) groups is 2. The summed E-state index contributed by atoms with van der Waals surface area (Å²) >= 11 is 0. The Morgan fingerprint density at radius 1 is 0.850 bits per heavy atom. The van der Waals surface area contributed by atoms with Gasteiger partial charge in [0.2, 0.25) is 6.43 Å². The van der Waals surface area contributed by atoms with E-state index in [4.69, 9.17) is 9.47 Å². The average Bonchev–Trinajstić information content (AvgIpc) is 3.44. The molecule has 2 amide bonds. The van der Waals surface area contributed by atoms with Crippen LogP contribution in [0, 0.1) is 11.8 Å². The van der Waals surface area contributed by atoms with E-state index in [-0.39, 0.29) is 24.5 Å². The highest BCUT2D eigenvalue weighted by molar-refractivity contribution is 5.68. The SMILES string of the molecule is CC(F)C1CNCC1NC(=O)OC(C)(C)C.C[C@H](c1ccccc1)N1CC(NC(=O)OC(C)(C)C)C(C(F)F)C1. The molecule has 6 atom stereocenters. The van der Waals surface area contributed by atoms with E-state index in [1.807, 2.05) is 42.2 Å². The predicted molar refractivity (Wildman–Crippen MR) is 149 cm³/mol. The Morgan fingerprint density at radius 2 is 1.38 bits per heavy atom. The van der Waals surface area contributed by atoms with Crippen LogP contribution in [-0.2, 0) is 9.47 Å². The van der Waals surface area contributed by atoms with Crippen molar-refractivity contribution in [1.82, 2.24) is 20.9 Å². The highest BCUT2D eigenvalue weighted by Gasteiger charge is 2.41. The number of amides is 2. The minimum Gasteiger partial charge on any atom is -0.444 e. The van der Waals surface area contributed by atoms with Crippen molar-refractivity contribution in [2.45, 2.75) is 97.3 Å². The quantitative estimate of drug-likeness (QED) is 0.429. The second-order valence-electron chi connectivity index (χ2n) is 12.5. The fraction of sp³-hybridized carbons (Fsp3) is 0.724. The van der Waals surface area contributed by atoms with Crippen molar-refractivity contribution >= 4 is 12.2 Å². The van der Waals surface area contributed by atoms with Gasteiger partial charge in [0.05, 0.1) is 18.0 Å². The number of nitrogens with zero attached hydrogens (tertiary/aromatic N) is 1. The van der Waals surface area contributed by atoms with Crippen LogP contribution in [0.3, 0.4) is 0 Å². The largest absolute Gasteiger partial charge is 0.444 e. The summed E-state index contributed by atoms with van der Waals surface area (Å²) in [6.45, 7) is 16.0. The molecule has 228 valence electrons. The molecule has 8 nitrogen and oxygen atoms in total. The Morgan fingerprint density at radius 3 is 1.85 bits per heavy atom. The standard InChI is InChI=1S/C18H26F2N2O2.C11H21FN2O2/c1-12(13-8-6-5-7-9-13)22-10-14(16(19)20)15(11-22)21-17(23)24-18(2,3)4;1-7(12)8-5-13-6-9(8)14-10(15)16-11(2,3)4/h5-9,12,14-16H,10-11H2,1-4H3,(H,21,23);7-9,13H,5-6H2,1-4H3,(H,14,15)/t12-,14?,15?;/m1./s1. The predicted octanol–water partition coefficient (Wildman–Crippen LogP) is 5.29. The van der Waals surface area contributed by atoms with Gasteiger partial charge in [0, 0.05) is 38.1 Å². The van der Waals surface area contributed by atoms with Crippen LogP contribution < -0.4 is 16.0 Å². The van der Waals surface area contributed by atoms with E-state index in [9.17, 15) is 22.8 Å². The highest BCUT2D eigenvalue weighted by atomic mass is 19.3. The van der Waals surface area contributed by atoms with E-state index in [1.165, 1.54) is 6.92 Å². The van der Waals surface area contributed by atoms with Gasteiger partial charge in [-0.05, 0) is 61.0 Å². The first-order valence-electron chi connectivity index (χ1n) is 13.9. The van der Waals surface area contributed by atoms with Crippen molar-refractivity contribution in [2.75, 3.05) is 26.2 Å². The number of alkyl carbamates (subject to hydrolysis) is 2. The van der Waals surface area contributed by atoms with E-state index >= 15 is 0 Å². The molecule has 40 heavy (non-hydrogen) atoms. The number of halogens is 3. The molecular formula is C29H47F3N4O4. The van der Waals surface area contributed by atoms with Gasteiger partial charge in [0.15, 0.2) is 0 Å². The van der Waals surface area contributed by atoms with Crippen molar-refractivity contribution in [1.29, 1.82) is 0 Å². The first kappa shape index (κ1) is 33.7. The number of benzene rings is 1. The number of ether oxygens (including phenoxy) is 2. The lowest BCUT2D eigenvalue weighted by Crippen LogP contribution is -2.44. The van der Waals surface area contributed by atoms with Gasteiger partial charge in [-0.25, -0.2) is 22.8 Å². The van der Waals surface area contributed by atoms with Crippen LogP contribution >= 0.6 is 0 Å². The van der Waals surface area contributed by atoms with Gasteiger partial charge in [-0.3, -0.25) is 4.90 Å². The molecule has 5 unspecified atom stereocenters. The lowest BCUT2D eigenvalue weighted by atomic mass is 9.99. The van der Waals surface area contributed by atoms with Crippen LogP contribution in [0.5, 0.6) is 0 Å². The fourth-order valence-electron chi connectivity index (χ4n) is 4.78. The molecule has 11 heteroatoms. The smallest absolute Gasteiger partial charge is 0.407 e. The third-order valence-electron chi connectivity index (χ3n) is 6.80. The zero-order valence-electron chi connectivity index (χ0n) is 25.0. The van der Waals surface area contributed by atoms with E-state index in [0.29, 0.717) is 19.6 Å². The van der Waals surface area contributed by atoms with Gasteiger partial charge in [-0.1, -0.05) is 30.3 Å². The number of alkyl halides is 3. The second kappa shape index (κ2) is 14.4. The van der Waals surface area contributed by atoms with E-state index in [1.54, 1.807) is 41.5 Å². The van der Waals surface area contributed by atoms with Gasteiger partial charge in [-0.15, -0.1) is 0 Å². The molecular weight excluding hydrogens is 525 g/mol. The maximum absolute atomic E-state index is 13.4. The van der Waals surface area contributed by atoms with Gasteiger partial charge in [-0.2, -0.15) is 0 Å². The molecule has 1 aromatic carbocycles. The summed E-state index contributed by atoms with van der Waals surface area (Å²) < 4.78 is 50.3. The molecule has 2 aliphatic heterocycles. The monoisotopic (exact) mass is 572 g/mol. The molecule has 2 aliphatic rings. The number of hydrogen-bond acceptors (Lipinski definition) is 6. The van der Waals surface area contributed by atoms with E-state index in [0.717, 1.165) is 5.56 Å². The van der Waals surface area contributed by atoms with Gasteiger partial charge in [0.1, 0.15) is 17.4 Å². The van der Waals surface area contributed by atoms with Crippen molar-refractivity contribution in [3.8, 4) is 0 Å². The Labute approximate surface area is 236 Å². The zero-order valence-corrected chi connectivity index (χ0v) is 25.0. The third-order valence-corrected chi connectivity index (χ3v) is 6.80. The van der Waals surface area contributed by atoms with Crippen molar-refractivity contribution in [3.05, 3.63) is 35.9 Å². The Bertz CT molecular complexity index is 937. The number of rotatable bonds is 6. The van der Waals surface area contributed by atoms with Crippen LogP contribution in [0.25, 0.3) is 0 Å². The molecule has 0 radical (unpaired) electrons. The molecule has 0 bridgehead atoms. The molecule has 2 saturated heterocycles. The normalized spacial score (nSPS) is 25.0. The molecule has 2 fully saturated rings. The lowest BCUT2D eigenvalue weighted by molar-refractivity contribution is 0.0403. The Hall–Kier alpha value is -2.53. The maximum atomic E-state index is 13.4. The minimum absolute atomic E-state index is 0.0119. The van der Waals surface area contributed by atoms with E-state index < -0.39 is 47.9 Å². The van der Waals surface area contributed by atoms with Crippen LogP contribution in [0.15, 0.2) is 30.3 Å². The zero-order chi connectivity index (χ0) is 30.3. The summed E-state index contributed by atoms with van der Waals surface area (Å²) in [5.41, 5.74) is -0.101. The summed E-state index contributed by atoms with van der Waals surface area (Å²) in [5.74, 6) is -1.07. The summed E-state index contributed by atoms with van der Waals surface area (Å²) in [6.07, 6.45) is -4.55. The van der Waals surface area contributed by atoms with Gasteiger partial charge < -0.3 is 25.4 Å². The molecule has 3 rings (SSSR count). The van der Waals surface area contributed by atoms with Crippen molar-refractivity contribution < 1.29 is 32.2 Å². The summed E-state index contributed by atoms with van der Waals surface area (Å²) in [5, 5.41) is 8.39. The molecule has 0 saturated carbocycles. The summed E-state index contributed by atoms with van der Waals surface area (Å²) in [6, 6.07) is 8.97. The summed E-state index contributed by atoms with van der Waals surface area (Å²) in [7, 11) is 0. The van der Waals surface area contributed by atoms with Gasteiger partial charge in [0.25, 0.3) is 0 Å². The lowest BCUT2D eigenvalue weighted by Gasteiger charge is -2.25. The Kier molecular flexibility index (Phi) is 12.1. The summed E-state index contributed by atoms with van der Waals surface area (Å²) in [4.78, 5) is 25.4. The van der Waals surface area contributed by atoms with Gasteiger partial charge >= 0.3 is 12.2 Å². The number of likely N-dealkylation sites (tertiary alicyclic amines) is 1. The third kappa shape index (κ3) is 11.2. The topological polar surface area (TPSA) is 91.9 Å².